The lowest BCUT2D eigenvalue weighted by Crippen LogP contribution is -2.12. The molecule has 0 aliphatic rings. The first-order valence-electron chi connectivity index (χ1n) is 8.43. The third kappa shape index (κ3) is 4.83. The lowest BCUT2D eigenvalue weighted by Gasteiger charge is -2.09. The van der Waals surface area contributed by atoms with Crippen molar-refractivity contribution in [1.82, 2.24) is 4.98 Å². The average Bonchev–Trinajstić information content (AvgIpc) is 2.70. The highest BCUT2D eigenvalue weighted by Gasteiger charge is 2.05. The van der Waals surface area contributed by atoms with E-state index >= 15 is 0 Å². The Labute approximate surface area is 153 Å². The third-order valence-electron chi connectivity index (χ3n) is 3.97. The second kappa shape index (κ2) is 8.67. The van der Waals surface area contributed by atoms with Gasteiger partial charge < -0.3 is 15.4 Å². The molecule has 5 nitrogen and oxygen atoms in total. The molecule has 26 heavy (non-hydrogen) atoms. The van der Waals surface area contributed by atoms with E-state index in [9.17, 15) is 4.79 Å². The van der Waals surface area contributed by atoms with E-state index < -0.39 is 0 Å². The molecule has 0 saturated heterocycles. The van der Waals surface area contributed by atoms with Crippen molar-refractivity contribution >= 4 is 17.3 Å². The lowest BCUT2D eigenvalue weighted by atomic mass is 10.1. The summed E-state index contributed by atoms with van der Waals surface area (Å²) in [6.45, 7) is 0.827. The topological polar surface area (TPSA) is 63.2 Å². The molecule has 3 aromatic rings. The summed E-state index contributed by atoms with van der Waals surface area (Å²) in [6.07, 6.45) is 4.11. The van der Waals surface area contributed by atoms with E-state index in [-0.39, 0.29) is 5.91 Å². The minimum Gasteiger partial charge on any atom is -0.497 e. The maximum atomic E-state index is 12.1. The van der Waals surface area contributed by atoms with Gasteiger partial charge >= 0.3 is 0 Å². The number of methoxy groups -OCH3 is 1. The number of carbonyl (C=O) groups excluding carboxylic acids is 1. The molecule has 0 fully saturated rings. The summed E-state index contributed by atoms with van der Waals surface area (Å²) >= 11 is 0. The number of amides is 1. The normalized spacial score (nSPS) is 10.2. The summed E-state index contributed by atoms with van der Waals surface area (Å²) in [5.41, 5.74) is 3.55. The van der Waals surface area contributed by atoms with Crippen LogP contribution in [-0.2, 0) is 6.42 Å². The van der Waals surface area contributed by atoms with Crippen LogP contribution in [0.15, 0.2) is 73.1 Å². The van der Waals surface area contributed by atoms with E-state index in [1.54, 1.807) is 31.6 Å². The zero-order chi connectivity index (χ0) is 18.2. The van der Waals surface area contributed by atoms with Gasteiger partial charge in [0.15, 0.2) is 0 Å². The first kappa shape index (κ1) is 17.5. The summed E-state index contributed by atoms with van der Waals surface area (Å²) in [4.78, 5) is 16.0. The highest BCUT2D eigenvalue weighted by Crippen LogP contribution is 2.15. The molecular weight excluding hydrogens is 326 g/mol. The standard InChI is InChI=1S/C21H21N3O2/c1-26-20-10-4-16(5-11-20)12-14-23-18-6-8-19(9-7-18)24-21(25)17-3-2-13-22-15-17/h2-11,13,15,23H,12,14H2,1H3,(H,24,25). The second-order valence-electron chi connectivity index (χ2n) is 5.80. The van der Waals surface area contributed by atoms with Crippen LogP contribution in [0.3, 0.4) is 0 Å². The van der Waals surface area contributed by atoms with E-state index in [2.05, 4.69) is 27.8 Å². The van der Waals surface area contributed by atoms with Gasteiger partial charge in [-0.2, -0.15) is 0 Å². The minimum absolute atomic E-state index is 0.168. The fraction of sp³-hybridized carbons (Fsp3) is 0.143. The van der Waals surface area contributed by atoms with Crippen LogP contribution in [0.5, 0.6) is 5.75 Å². The number of ether oxygens (including phenoxy) is 1. The zero-order valence-electron chi connectivity index (χ0n) is 14.6. The van der Waals surface area contributed by atoms with Gasteiger partial charge in [0.05, 0.1) is 12.7 Å². The Morgan fingerprint density at radius 1 is 1.00 bits per heavy atom. The van der Waals surface area contributed by atoms with Gasteiger partial charge in [0, 0.05) is 30.3 Å². The summed E-state index contributed by atoms with van der Waals surface area (Å²) in [5, 5.41) is 6.24. The van der Waals surface area contributed by atoms with Crippen molar-refractivity contribution < 1.29 is 9.53 Å². The van der Waals surface area contributed by atoms with Crippen molar-refractivity contribution in [3.8, 4) is 5.75 Å². The molecule has 0 aliphatic carbocycles. The van der Waals surface area contributed by atoms with E-state index in [0.717, 1.165) is 30.1 Å². The van der Waals surface area contributed by atoms with Gasteiger partial charge in [0.1, 0.15) is 5.75 Å². The van der Waals surface area contributed by atoms with Crippen molar-refractivity contribution in [1.29, 1.82) is 0 Å². The van der Waals surface area contributed by atoms with Crippen LogP contribution in [0.25, 0.3) is 0 Å². The highest BCUT2D eigenvalue weighted by atomic mass is 16.5. The number of nitrogens with zero attached hydrogens (tertiary/aromatic N) is 1. The van der Waals surface area contributed by atoms with E-state index in [4.69, 9.17) is 4.74 Å². The first-order valence-corrected chi connectivity index (χ1v) is 8.43. The van der Waals surface area contributed by atoms with Crippen LogP contribution in [-0.4, -0.2) is 24.5 Å². The molecular formula is C21H21N3O2. The van der Waals surface area contributed by atoms with Crippen LogP contribution < -0.4 is 15.4 Å². The molecule has 3 rings (SSSR count). The van der Waals surface area contributed by atoms with Gasteiger partial charge in [-0.05, 0) is 60.5 Å². The number of rotatable bonds is 7. The number of anilines is 2. The van der Waals surface area contributed by atoms with Crippen molar-refractivity contribution in [3.05, 3.63) is 84.2 Å². The Balaban J connectivity index is 1.48. The van der Waals surface area contributed by atoms with E-state index in [1.165, 1.54) is 5.56 Å². The Morgan fingerprint density at radius 3 is 2.38 bits per heavy atom. The Bertz CT molecular complexity index is 831. The Kier molecular flexibility index (Phi) is 5.83. The number of benzene rings is 2. The largest absolute Gasteiger partial charge is 0.497 e. The molecule has 2 aromatic carbocycles. The maximum Gasteiger partial charge on any atom is 0.257 e. The second-order valence-corrected chi connectivity index (χ2v) is 5.80. The van der Waals surface area contributed by atoms with E-state index in [1.807, 2.05) is 36.4 Å². The third-order valence-corrected chi connectivity index (χ3v) is 3.97. The van der Waals surface area contributed by atoms with Crippen molar-refractivity contribution in [2.75, 3.05) is 24.3 Å². The number of hydrogen-bond acceptors (Lipinski definition) is 4. The molecule has 0 atom stereocenters. The lowest BCUT2D eigenvalue weighted by molar-refractivity contribution is 0.102. The van der Waals surface area contributed by atoms with Crippen molar-refractivity contribution in [2.45, 2.75) is 6.42 Å². The smallest absolute Gasteiger partial charge is 0.257 e. The van der Waals surface area contributed by atoms with Crippen LogP contribution in [0.1, 0.15) is 15.9 Å². The van der Waals surface area contributed by atoms with Crippen molar-refractivity contribution in [2.24, 2.45) is 0 Å². The van der Waals surface area contributed by atoms with Crippen LogP contribution >= 0.6 is 0 Å². The van der Waals surface area contributed by atoms with Crippen LogP contribution in [0, 0.1) is 0 Å². The molecule has 1 aromatic heterocycles. The SMILES string of the molecule is COc1ccc(CCNc2ccc(NC(=O)c3cccnc3)cc2)cc1. The molecule has 0 radical (unpaired) electrons. The van der Waals surface area contributed by atoms with Crippen molar-refractivity contribution in [3.63, 3.8) is 0 Å². The molecule has 0 spiro atoms. The predicted octanol–water partition coefficient (Wildman–Crippen LogP) is 4.00. The summed E-state index contributed by atoms with van der Waals surface area (Å²) in [5.74, 6) is 0.698. The fourth-order valence-corrected chi connectivity index (χ4v) is 2.52. The zero-order valence-corrected chi connectivity index (χ0v) is 14.6. The molecule has 2 N–H and O–H groups in total. The van der Waals surface area contributed by atoms with E-state index in [0.29, 0.717) is 5.56 Å². The summed E-state index contributed by atoms with van der Waals surface area (Å²) < 4.78 is 5.16. The van der Waals surface area contributed by atoms with Gasteiger partial charge in [0.2, 0.25) is 0 Å². The monoisotopic (exact) mass is 347 g/mol. The average molecular weight is 347 g/mol. The number of aromatic nitrogens is 1. The highest BCUT2D eigenvalue weighted by molar-refractivity contribution is 6.04. The number of pyridine rings is 1. The first-order chi connectivity index (χ1) is 12.7. The molecule has 5 heteroatoms. The van der Waals surface area contributed by atoms with Gasteiger partial charge in [-0.3, -0.25) is 9.78 Å². The maximum absolute atomic E-state index is 12.1. The van der Waals surface area contributed by atoms with Crippen LogP contribution in [0.2, 0.25) is 0 Å². The Hall–Kier alpha value is -3.34. The van der Waals surface area contributed by atoms with Gasteiger partial charge in [0.25, 0.3) is 5.91 Å². The number of nitrogens with one attached hydrogen (secondary N) is 2. The molecule has 0 unspecified atom stereocenters. The molecule has 0 saturated carbocycles. The molecule has 0 aliphatic heterocycles. The summed E-state index contributed by atoms with van der Waals surface area (Å²) in [7, 11) is 1.67. The minimum atomic E-state index is -0.168. The molecule has 132 valence electrons. The number of hydrogen-bond donors (Lipinski definition) is 2. The fourth-order valence-electron chi connectivity index (χ4n) is 2.52. The molecule has 0 bridgehead atoms. The van der Waals surface area contributed by atoms with Gasteiger partial charge in [-0.15, -0.1) is 0 Å². The number of carbonyl (C=O) groups is 1. The molecule has 1 heterocycles. The van der Waals surface area contributed by atoms with Gasteiger partial charge in [-0.1, -0.05) is 12.1 Å². The predicted molar refractivity (Wildman–Crippen MR) is 104 cm³/mol. The quantitative estimate of drug-likeness (QED) is 0.678. The summed E-state index contributed by atoms with van der Waals surface area (Å²) in [6, 6.07) is 19.2. The molecule has 1 amide bonds. The van der Waals surface area contributed by atoms with Crippen LogP contribution in [0.4, 0.5) is 11.4 Å². The Morgan fingerprint density at radius 2 is 1.73 bits per heavy atom. The van der Waals surface area contributed by atoms with Gasteiger partial charge in [-0.25, -0.2) is 0 Å².